The number of fused-ring (bicyclic) bond motifs is 1. The van der Waals surface area contributed by atoms with Crippen LogP contribution in [-0.4, -0.2) is 51.9 Å². The van der Waals surface area contributed by atoms with Crippen molar-refractivity contribution in [1.82, 2.24) is 9.62 Å². The molecule has 1 aliphatic heterocycles. The Hall–Kier alpha value is -1.05. The van der Waals surface area contributed by atoms with Crippen LogP contribution in [0, 0.1) is 0 Å². The van der Waals surface area contributed by atoms with Crippen LogP contribution < -0.4 is 10.5 Å². The van der Waals surface area contributed by atoms with E-state index < -0.39 is 26.0 Å². The first-order valence-corrected chi connectivity index (χ1v) is 11.0. The average molecular weight is 398 g/mol. The summed E-state index contributed by atoms with van der Waals surface area (Å²) in [5, 5.41) is 16.9. The molecule has 9 nitrogen and oxygen atoms in total. The molecule has 0 aliphatic carbocycles. The lowest BCUT2D eigenvalue weighted by Crippen LogP contribution is -2.43. The number of aliphatic carboxylic acids is 1. The SMILES string of the molecule is CCN[C@H]1CN(CCCC(=O)O)S(=O)(=O)c2sc(S(N)(=O)=O)cc21. The highest BCUT2D eigenvalue weighted by atomic mass is 32.3. The van der Waals surface area contributed by atoms with Gasteiger partial charge in [-0.25, -0.2) is 22.0 Å². The van der Waals surface area contributed by atoms with E-state index in [4.69, 9.17) is 10.2 Å². The van der Waals surface area contributed by atoms with E-state index in [0.29, 0.717) is 23.4 Å². The molecule has 1 aliphatic rings. The van der Waals surface area contributed by atoms with E-state index >= 15 is 0 Å². The number of carbonyl (C=O) groups is 1. The fourth-order valence-electron chi connectivity index (χ4n) is 2.51. The highest BCUT2D eigenvalue weighted by molar-refractivity contribution is 7.94. The van der Waals surface area contributed by atoms with Crippen molar-refractivity contribution in [2.24, 2.45) is 5.14 Å². The number of sulfonamides is 2. The minimum Gasteiger partial charge on any atom is -0.481 e. The van der Waals surface area contributed by atoms with E-state index in [9.17, 15) is 21.6 Å². The second kappa shape index (κ2) is 7.06. The van der Waals surface area contributed by atoms with E-state index in [0.717, 1.165) is 0 Å². The van der Waals surface area contributed by atoms with E-state index in [2.05, 4.69) is 5.32 Å². The van der Waals surface area contributed by atoms with Gasteiger partial charge in [-0.1, -0.05) is 6.92 Å². The minimum absolute atomic E-state index is 0.0541. The topological polar surface area (TPSA) is 147 Å². The molecule has 2 heterocycles. The molecule has 136 valence electrons. The lowest BCUT2D eigenvalue weighted by atomic mass is 10.1. The van der Waals surface area contributed by atoms with Crippen LogP contribution in [0.2, 0.25) is 0 Å². The van der Waals surface area contributed by atoms with Crippen molar-refractivity contribution in [3.63, 3.8) is 0 Å². The van der Waals surface area contributed by atoms with E-state index in [1.807, 2.05) is 6.92 Å². The maximum absolute atomic E-state index is 12.7. The molecule has 0 spiro atoms. The molecule has 0 saturated heterocycles. The Morgan fingerprint density at radius 2 is 2.21 bits per heavy atom. The van der Waals surface area contributed by atoms with Gasteiger partial charge in [-0.05, 0) is 19.0 Å². The number of nitrogens with zero attached hydrogens (tertiary/aromatic N) is 1. The fraction of sp³-hybridized carbons (Fsp3) is 0.583. The van der Waals surface area contributed by atoms with Gasteiger partial charge in [0, 0.05) is 31.1 Å². The van der Waals surface area contributed by atoms with Gasteiger partial charge in [0.1, 0.15) is 8.42 Å². The second-order valence-corrected chi connectivity index (χ2v) is 10.3. The summed E-state index contributed by atoms with van der Waals surface area (Å²) < 4.78 is 49.4. The first-order chi connectivity index (χ1) is 11.1. The molecule has 12 heteroatoms. The van der Waals surface area contributed by atoms with Crippen molar-refractivity contribution in [3.05, 3.63) is 11.6 Å². The summed E-state index contributed by atoms with van der Waals surface area (Å²) in [5.41, 5.74) is 0.389. The van der Waals surface area contributed by atoms with Crippen LogP contribution in [0.25, 0.3) is 0 Å². The van der Waals surface area contributed by atoms with Gasteiger partial charge in [0.05, 0.1) is 0 Å². The molecule has 0 bridgehead atoms. The molecule has 1 atom stereocenters. The maximum Gasteiger partial charge on any atom is 0.303 e. The largest absolute Gasteiger partial charge is 0.481 e. The van der Waals surface area contributed by atoms with E-state index in [1.54, 1.807) is 0 Å². The van der Waals surface area contributed by atoms with Crippen molar-refractivity contribution in [3.8, 4) is 0 Å². The summed E-state index contributed by atoms with van der Waals surface area (Å²) in [6.07, 6.45) is 0.0355. The smallest absolute Gasteiger partial charge is 0.303 e. The molecule has 1 aromatic rings. The number of nitrogens with two attached hydrogens (primary N) is 1. The average Bonchev–Trinajstić information content (AvgIpc) is 2.90. The Bertz CT molecular complexity index is 830. The lowest BCUT2D eigenvalue weighted by Gasteiger charge is -2.32. The van der Waals surface area contributed by atoms with Gasteiger partial charge in [0.25, 0.3) is 10.0 Å². The molecular formula is C12H19N3O6S3. The van der Waals surface area contributed by atoms with Gasteiger partial charge in [0.2, 0.25) is 10.0 Å². The van der Waals surface area contributed by atoms with Gasteiger partial charge in [-0.3, -0.25) is 4.79 Å². The zero-order valence-electron chi connectivity index (χ0n) is 12.9. The van der Waals surface area contributed by atoms with Crippen LogP contribution in [0.1, 0.15) is 31.4 Å². The summed E-state index contributed by atoms with van der Waals surface area (Å²) in [7, 11) is -7.87. The second-order valence-electron chi connectivity index (χ2n) is 5.32. The zero-order valence-corrected chi connectivity index (χ0v) is 15.4. The lowest BCUT2D eigenvalue weighted by molar-refractivity contribution is -0.137. The Balaban J connectivity index is 2.41. The number of nitrogens with one attached hydrogen (secondary N) is 1. The number of hydrogen-bond donors (Lipinski definition) is 3. The summed E-state index contributed by atoms with van der Waals surface area (Å²) in [4.78, 5) is 10.6. The van der Waals surface area contributed by atoms with Crippen molar-refractivity contribution in [2.75, 3.05) is 19.6 Å². The molecule has 2 rings (SSSR count). The minimum atomic E-state index is -4.00. The third-order valence-corrected chi connectivity index (χ3v) is 8.53. The van der Waals surface area contributed by atoms with Crippen molar-refractivity contribution < 1.29 is 26.7 Å². The summed E-state index contributed by atoms with van der Waals surface area (Å²) >= 11 is 0.623. The maximum atomic E-state index is 12.7. The Morgan fingerprint density at radius 1 is 1.54 bits per heavy atom. The third-order valence-electron chi connectivity index (χ3n) is 3.57. The first kappa shape index (κ1) is 19.3. The molecule has 0 radical (unpaired) electrons. The molecule has 0 amide bonds. The normalized spacial score (nSPS) is 20.7. The fourth-order valence-corrected chi connectivity index (χ4v) is 6.81. The molecule has 0 saturated carbocycles. The van der Waals surface area contributed by atoms with Crippen LogP contribution >= 0.6 is 11.3 Å². The number of likely N-dealkylation sites (N-methyl/N-ethyl adjacent to an activating group) is 1. The molecular weight excluding hydrogens is 378 g/mol. The van der Waals surface area contributed by atoms with E-state index in [1.165, 1.54) is 10.4 Å². The number of thiophene rings is 1. The van der Waals surface area contributed by atoms with Gasteiger partial charge >= 0.3 is 5.97 Å². The van der Waals surface area contributed by atoms with Gasteiger partial charge < -0.3 is 10.4 Å². The van der Waals surface area contributed by atoms with Crippen molar-refractivity contribution in [1.29, 1.82) is 0 Å². The van der Waals surface area contributed by atoms with Crippen LogP contribution in [0.5, 0.6) is 0 Å². The predicted octanol–water partition coefficient (Wildman–Crippen LogP) is -0.0848. The number of carboxylic acid groups (broad SMARTS) is 1. The molecule has 24 heavy (non-hydrogen) atoms. The molecule has 0 unspecified atom stereocenters. The predicted molar refractivity (Wildman–Crippen MR) is 87.7 cm³/mol. The van der Waals surface area contributed by atoms with Crippen LogP contribution in [0.15, 0.2) is 14.5 Å². The number of hydrogen-bond acceptors (Lipinski definition) is 7. The summed E-state index contributed by atoms with van der Waals surface area (Å²) in [6.45, 7) is 2.58. The van der Waals surface area contributed by atoms with Gasteiger partial charge in [0.15, 0.2) is 0 Å². The Morgan fingerprint density at radius 3 is 2.75 bits per heavy atom. The van der Waals surface area contributed by atoms with Crippen molar-refractivity contribution >= 4 is 37.4 Å². The summed E-state index contributed by atoms with van der Waals surface area (Å²) in [5.74, 6) is -0.999. The summed E-state index contributed by atoms with van der Waals surface area (Å²) in [6, 6.07) is 0.930. The van der Waals surface area contributed by atoms with Crippen LogP contribution in [0.3, 0.4) is 0 Å². The third kappa shape index (κ3) is 3.95. The molecule has 0 fully saturated rings. The van der Waals surface area contributed by atoms with Crippen LogP contribution in [0.4, 0.5) is 0 Å². The Labute approximate surface area is 144 Å². The first-order valence-electron chi connectivity index (χ1n) is 7.19. The highest BCUT2D eigenvalue weighted by Gasteiger charge is 2.39. The molecule has 1 aromatic heterocycles. The van der Waals surface area contributed by atoms with Gasteiger partial charge in [-0.2, -0.15) is 4.31 Å². The zero-order chi connectivity index (χ0) is 18.1. The van der Waals surface area contributed by atoms with Crippen LogP contribution in [-0.2, 0) is 24.8 Å². The number of carboxylic acids is 1. The van der Waals surface area contributed by atoms with E-state index in [-0.39, 0.29) is 40.4 Å². The Kier molecular flexibility index (Phi) is 5.67. The monoisotopic (exact) mass is 397 g/mol. The van der Waals surface area contributed by atoms with Crippen molar-refractivity contribution in [2.45, 2.75) is 34.2 Å². The highest BCUT2D eigenvalue weighted by Crippen LogP contribution is 2.39. The molecule has 4 N–H and O–H groups in total. The number of primary sulfonamides is 1. The van der Waals surface area contributed by atoms with Gasteiger partial charge in [-0.15, -0.1) is 11.3 Å². The number of rotatable bonds is 7. The quantitative estimate of drug-likeness (QED) is 0.583. The standard InChI is InChI=1S/C12H19N3O6S3/c1-2-14-9-7-15(5-3-4-10(16)17)24(20,21)12-8(9)6-11(22-12)23(13,18)19/h6,9,14H,2-5,7H2,1H3,(H,16,17)(H2,13,18,19)/t9-/m0/s1. The molecule has 0 aromatic carbocycles.